The van der Waals surface area contributed by atoms with Gasteiger partial charge in [0.15, 0.2) is 0 Å². The third-order valence-electron chi connectivity index (χ3n) is 9.20. The molecule has 0 aliphatic heterocycles. The van der Waals surface area contributed by atoms with Crippen molar-refractivity contribution in [2.24, 2.45) is 34.5 Å². The molecule has 4 aliphatic carbocycles. The molecule has 0 unspecified atom stereocenters. The fourth-order valence-corrected chi connectivity index (χ4v) is 7.48. The van der Waals surface area contributed by atoms with E-state index in [9.17, 15) is 10.2 Å². The molecule has 4 fully saturated rings. The van der Waals surface area contributed by atoms with Crippen molar-refractivity contribution in [2.45, 2.75) is 90.3 Å². The Kier molecular flexibility index (Phi) is 3.32. The van der Waals surface area contributed by atoms with E-state index < -0.39 is 5.60 Å². The molecule has 2 heteroatoms. The second-order valence-electron chi connectivity index (χ2n) is 9.85. The van der Waals surface area contributed by atoms with Crippen LogP contribution in [0, 0.1) is 34.5 Å². The highest BCUT2D eigenvalue weighted by atomic mass is 16.3. The molecule has 0 aromatic carbocycles. The van der Waals surface area contributed by atoms with Crippen LogP contribution in [-0.4, -0.2) is 21.9 Å². The summed E-state index contributed by atoms with van der Waals surface area (Å²) in [5, 5.41) is 21.0. The van der Waals surface area contributed by atoms with Gasteiger partial charge in [-0.15, -0.1) is 0 Å². The van der Waals surface area contributed by atoms with Gasteiger partial charge in [-0.05, 0) is 99.2 Å². The predicted octanol–water partition coefficient (Wildman–Crippen LogP) is 4.14. The van der Waals surface area contributed by atoms with Crippen LogP contribution in [-0.2, 0) is 0 Å². The van der Waals surface area contributed by atoms with Crippen molar-refractivity contribution < 1.29 is 10.2 Å². The van der Waals surface area contributed by atoms with E-state index in [0.29, 0.717) is 5.41 Å². The van der Waals surface area contributed by atoms with Gasteiger partial charge in [0.05, 0.1) is 11.7 Å². The van der Waals surface area contributed by atoms with Gasteiger partial charge in [-0.2, -0.15) is 0 Å². The smallest absolute Gasteiger partial charge is 0.0675 e. The van der Waals surface area contributed by atoms with Crippen LogP contribution in [0.5, 0.6) is 0 Å². The summed E-state index contributed by atoms with van der Waals surface area (Å²) >= 11 is 0. The first-order valence-corrected chi connectivity index (χ1v) is 9.68. The molecule has 22 heavy (non-hydrogen) atoms. The van der Waals surface area contributed by atoms with Gasteiger partial charge in [-0.1, -0.05) is 13.8 Å². The Labute approximate surface area is 135 Å². The zero-order valence-electron chi connectivity index (χ0n) is 14.6. The zero-order chi connectivity index (χ0) is 15.8. The van der Waals surface area contributed by atoms with Crippen molar-refractivity contribution in [1.82, 2.24) is 0 Å². The fraction of sp³-hybridized carbons (Fsp3) is 1.00. The Hall–Kier alpha value is -0.0800. The lowest BCUT2D eigenvalue weighted by atomic mass is 9.44. The highest BCUT2D eigenvalue weighted by molar-refractivity contribution is 5.12. The summed E-state index contributed by atoms with van der Waals surface area (Å²) in [5.74, 6) is 3.13. The summed E-state index contributed by atoms with van der Waals surface area (Å²) in [5.41, 5.74) is 0.145. The number of fused-ring (bicyclic) bond motifs is 5. The van der Waals surface area contributed by atoms with Crippen LogP contribution in [0.15, 0.2) is 0 Å². The lowest BCUT2D eigenvalue weighted by Crippen LogP contribution is -2.56. The number of aliphatic hydroxyl groups is 2. The maximum atomic E-state index is 10.9. The summed E-state index contributed by atoms with van der Waals surface area (Å²) in [6.45, 7) is 7.01. The van der Waals surface area contributed by atoms with E-state index in [1.54, 1.807) is 0 Å². The van der Waals surface area contributed by atoms with Gasteiger partial charge >= 0.3 is 0 Å². The van der Waals surface area contributed by atoms with Crippen LogP contribution >= 0.6 is 0 Å². The second kappa shape index (κ2) is 4.72. The molecule has 4 rings (SSSR count). The van der Waals surface area contributed by atoms with Crippen molar-refractivity contribution >= 4 is 0 Å². The monoisotopic (exact) mass is 306 g/mol. The summed E-state index contributed by atoms with van der Waals surface area (Å²) in [6, 6.07) is 0. The van der Waals surface area contributed by atoms with E-state index in [-0.39, 0.29) is 11.5 Å². The first kappa shape index (κ1) is 15.4. The van der Waals surface area contributed by atoms with Gasteiger partial charge in [0.2, 0.25) is 0 Å². The lowest BCUT2D eigenvalue weighted by Gasteiger charge is -2.61. The van der Waals surface area contributed by atoms with Gasteiger partial charge < -0.3 is 10.2 Å². The fourth-order valence-electron chi connectivity index (χ4n) is 7.48. The largest absolute Gasteiger partial charge is 0.393 e. The number of aliphatic hydroxyl groups excluding tert-OH is 1. The SMILES string of the molecule is C[C@]12CC[C@H](O)C[C@@H]1CC[C@@H]1[C@@H]2CC[C@@]2(C)[C@H]1CC[C@]2(C)O. The third-order valence-corrected chi connectivity index (χ3v) is 9.20. The van der Waals surface area contributed by atoms with E-state index in [0.717, 1.165) is 42.9 Å². The molecule has 8 atom stereocenters. The van der Waals surface area contributed by atoms with E-state index >= 15 is 0 Å². The minimum Gasteiger partial charge on any atom is -0.393 e. The Morgan fingerprint density at radius 2 is 1.55 bits per heavy atom. The van der Waals surface area contributed by atoms with Gasteiger partial charge in [0, 0.05) is 0 Å². The molecule has 0 spiro atoms. The van der Waals surface area contributed by atoms with Crippen LogP contribution in [0.2, 0.25) is 0 Å². The van der Waals surface area contributed by atoms with E-state index in [2.05, 4.69) is 20.8 Å². The molecule has 2 N–H and O–H groups in total. The Morgan fingerprint density at radius 1 is 0.818 bits per heavy atom. The number of hydrogen-bond acceptors (Lipinski definition) is 2. The maximum absolute atomic E-state index is 10.9. The van der Waals surface area contributed by atoms with Gasteiger partial charge in [-0.25, -0.2) is 0 Å². The summed E-state index contributed by atoms with van der Waals surface area (Å²) < 4.78 is 0. The lowest BCUT2D eigenvalue weighted by molar-refractivity contribution is -0.153. The molecule has 126 valence electrons. The minimum atomic E-state index is -0.455. The molecular weight excluding hydrogens is 272 g/mol. The quantitative estimate of drug-likeness (QED) is 0.706. The van der Waals surface area contributed by atoms with Crippen LogP contribution in [0.1, 0.15) is 78.6 Å². The summed E-state index contributed by atoms with van der Waals surface area (Å²) in [4.78, 5) is 0. The Bertz CT molecular complexity index is 459. The Morgan fingerprint density at radius 3 is 2.32 bits per heavy atom. The molecule has 4 aliphatic rings. The molecule has 4 saturated carbocycles. The van der Waals surface area contributed by atoms with Crippen molar-refractivity contribution in [2.75, 3.05) is 0 Å². The number of rotatable bonds is 0. The first-order valence-electron chi connectivity index (χ1n) is 9.68. The molecule has 0 aromatic rings. The Balaban J connectivity index is 1.64. The van der Waals surface area contributed by atoms with Crippen LogP contribution in [0.4, 0.5) is 0 Å². The minimum absolute atomic E-state index is 0.0457. The average Bonchev–Trinajstić information content (AvgIpc) is 2.70. The van der Waals surface area contributed by atoms with Crippen molar-refractivity contribution in [3.05, 3.63) is 0 Å². The maximum Gasteiger partial charge on any atom is 0.0675 e. The molecule has 0 heterocycles. The summed E-state index contributed by atoms with van der Waals surface area (Å²) in [6.07, 6.45) is 10.6. The molecular formula is C20H34O2. The molecule has 0 saturated heterocycles. The normalized spacial score (nSPS) is 61.2. The predicted molar refractivity (Wildman–Crippen MR) is 88.4 cm³/mol. The third kappa shape index (κ3) is 1.86. The van der Waals surface area contributed by atoms with Crippen LogP contribution in [0.25, 0.3) is 0 Å². The van der Waals surface area contributed by atoms with Gasteiger partial charge in [-0.3, -0.25) is 0 Å². The van der Waals surface area contributed by atoms with E-state index in [1.807, 2.05) is 0 Å². The molecule has 0 bridgehead atoms. The summed E-state index contributed by atoms with van der Waals surface area (Å²) in [7, 11) is 0. The van der Waals surface area contributed by atoms with Gasteiger partial charge in [0.1, 0.15) is 0 Å². The van der Waals surface area contributed by atoms with E-state index in [4.69, 9.17) is 0 Å². The highest BCUT2D eigenvalue weighted by Crippen LogP contribution is 2.68. The van der Waals surface area contributed by atoms with Crippen molar-refractivity contribution in [3.8, 4) is 0 Å². The first-order chi connectivity index (χ1) is 10.3. The molecule has 2 nitrogen and oxygen atoms in total. The van der Waals surface area contributed by atoms with Crippen LogP contribution < -0.4 is 0 Å². The average molecular weight is 306 g/mol. The van der Waals surface area contributed by atoms with Crippen molar-refractivity contribution in [1.29, 1.82) is 0 Å². The van der Waals surface area contributed by atoms with Crippen molar-refractivity contribution in [3.63, 3.8) is 0 Å². The molecule has 0 radical (unpaired) electrons. The standard InChI is InChI=1S/C20H34O2/c1-18-9-6-14(21)12-13(18)4-5-15-16(18)7-10-19(2)17(15)8-11-20(19,3)22/h13-17,21-22H,4-12H2,1-3H3/t13-,14-,15+,16-,17-,18-,19-,20-/m0/s1. The zero-order valence-corrected chi connectivity index (χ0v) is 14.6. The topological polar surface area (TPSA) is 40.5 Å². The highest BCUT2D eigenvalue weighted by Gasteiger charge is 2.63. The molecule has 0 amide bonds. The molecule has 0 aromatic heterocycles. The second-order valence-corrected chi connectivity index (χ2v) is 9.85. The number of hydrogen-bond donors (Lipinski definition) is 2. The van der Waals surface area contributed by atoms with Crippen LogP contribution in [0.3, 0.4) is 0 Å². The van der Waals surface area contributed by atoms with Gasteiger partial charge in [0.25, 0.3) is 0 Å². The van der Waals surface area contributed by atoms with E-state index in [1.165, 1.54) is 38.5 Å².